The number of carbonyl (C=O) groups is 1. The Morgan fingerprint density at radius 3 is 2.50 bits per heavy atom. The topological polar surface area (TPSA) is 59.0 Å². The van der Waals surface area contributed by atoms with E-state index in [-0.39, 0.29) is 0 Å². The molecule has 5 nitrogen and oxygen atoms in total. The molecule has 20 heavy (non-hydrogen) atoms. The average Bonchev–Trinajstić information content (AvgIpc) is 2.41. The summed E-state index contributed by atoms with van der Waals surface area (Å²) in [5.41, 5.74) is 0.798. The molecule has 1 aromatic rings. The molecular formula is C14H20ClNO4. The Labute approximate surface area is 124 Å². The van der Waals surface area contributed by atoms with Crippen LogP contribution < -0.4 is 9.47 Å². The monoisotopic (exact) mass is 301 g/mol. The van der Waals surface area contributed by atoms with Crippen LogP contribution in [-0.2, 0) is 11.3 Å². The molecule has 0 heterocycles. The van der Waals surface area contributed by atoms with Gasteiger partial charge in [-0.1, -0.05) is 24.6 Å². The number of benzene rings is 1. The van der Waals surface area contributed by atoms with Crippen molar-refractivity contribution in [2.45, 2.75) is 25.9 Å². The molecule has 0 saturated heterocycles. The quantitative estimate of drug-likeness (QED) is 0.839. The smallest absolute Gasteiger partial charge is 0.320 e. The van der Waals surface area contributed by atoms with Gasteiger partial charge in [-0.25, -0.2) is 0 Å². The Kier molecular flexibility index (Phi) is 6.10. The second-order valence-electron chi connectivity index (χ2n) is 4.45. The molecule has 0 aliphatic carbocycles. The Morgan fingerprint density at radius 1 is 1.40 bits per heavy atom. The summed E-state index contributed by atoms with van der Waals surface area (Å²) in [6.45, 7) is 2.26. The predicted octanol–water partition coefficient (Wildman–Crippen LogP) is 2.65. The van der Waals surface area contributed by atoms with Crippen LogP contribution in [0.15, 0.2) is 12.1 Å². The Morgan fingerprint density at radius 2 is 2.05 bits per heavy atom. The number of aliphatic carboxylic acids is 1. The van der Waals surface area contributed by atoms with E-state index in [2.05, 4.69) is 0 Å². The Hall–Kier alpha value is -1.46. The van der Waals surface area contributed by atoms with Gasteiger partial charge >= 0.3 is 5.97 Å². The molecule has 0 aliphatic heterocycles. The van der Waals surface area contributed by atoms with Crippen molar-refractivity contribution in [3.05, 3.63) is 22.7 Å². The van der Waals surface area contributed by atoms with Crippen LogP contribution in [0.5, 0.6) is 11.5 Å². The van der Waals surface area contributed by atoms with Crippen molar-refractivity contribution in [3.63, 3.8) is 0 Å². The second kappa shape index (κ2) is 7.36. The van der Waals surface area contributed by atoms with E-state index in [1.807, 2.05) is 13.0 Å². The normalized spacial score (nSPS) is 12.3. The molecule has 0 aliphatic rings. The fourth-order valence-corrected chi connectivity index (χ4v) is 2.40. The summed E-state index contributed by atoms with van der Waals surface area (Å²) in [5.74, 6) is 0.171. The van der Waals surface area contributed by atoms with Crippen LogP contribution in [-0.4, -0.2) is 43.3 Å². The first kappa shape index (κ1) is 16.6. The molecule has 1 aromatic carbocycles. The zero-order chi connectivity index (χ0) is 15.3. The van der Waals surface area contributed by atoms with Crippen LogP contribution in [0.2, 0.25) is 5.02 Å². The largest absolute Gasteiger partial charge is 0.493 e. The van der Waals surface area contributed by atoms with Crippen LogP contribution in [0.1, 0.15) is 18.9 Å². The molecule has 0 radical (unpaired) electrons. The highest BCUT2D eigenvalue weighted by Crippen LogP contribution is 2.37. The molecule has 6 heteroatoms. The van der Waals surface area contributed by atoms with Gasteiger partial charge in [0.15, 0.2) is 11.5 Å². The first-order valence-corrected chi connectivity index (χ1v) is 6.66. The third-order valence-corrected chi connectivity index (χ3v) is 3.60. The van der Waals surface area contributed by atoms with Gasteiger partial charge in [-0.2, -0.15) is 0 Å². The van der Waals surface area contributed by atoms with Crippen molar-refractivity contribution in [2.75, 3.05) is 21.3 Å². The first-order valence-electron chi connectivity index (χ1n) is 6.28. The van der Waals surface area contributed by atoms with Crippen LogP contribution in [0.25, 0.3) is 0 Å². The minimum Gasteiger partial charge on any atom is -0.493 e. The van der Waals surface area contributed by atoms with Gasteiger partial charge < -0.3 is 14.6 Å². The fourth-order valence-electron chi connectivity index (χ4n) is 2.11. The zero-order valence-electron chi connectivity index (χ0n) is 12.1. The van der Waals surface area contributed by atoms with E-state index >= 15 is 0 Å². The molecule has 0 spiro atoms. The SMILES string of the molecule is CCC(C(=O)O)N(C)Cc1ccc(OC)c(OC)c1Cl. The van der Waals surface area contributed by atoms with E-state index in [1.54, 1.807) is 18.0 Å². The van der Waals surface area contributed by atoms with Gasteiger partial charge in [-0.3, -0.25) is 9.69 Å². The molecule has 112 valence electrons. The molecule has 0 amide bonds. The molecule has 1 rings (SSSR count). The summed E-state index contributed by atoms with van der Waals surface area (Å²) < 4.78 is 10.4. The second-order valence-corrected chi connectivity index (χ2v) is 4.83. The Bertz CT molecular complexity index is 478. The summed E-state index contributed by atoms with van der Waals surface area (Å²) in [4.78, 5) is 12.9. The lowest BCUT2D eigenvalue weighted by Crippen LogP contribution is -2.37. The van der Waals surface area contributed by atoms with Crippen molar-refractivity contribution in [2.24, 2.45) is 0 Å². The van der Waals surface area contributed by atoms with Gasteiger partial charge in [0.25, 0.3) is 0 Å². The summed E-state index contributed by atoms with van der Waals surface area (Å²) >= 11 is 6.29. The van der Waals surface area contributed by atoms with Crippen LogP contribution in [0, 0.1) is 0 Å². The third-order valence-electron chi connectivity index (χ3n) is 3.19. The van der Waals surface area contributed by atoms with E-state index in [1.165, 1.54) is 14.2 Å². The van der Waals surface area contributed by atoms with Gasteiger partial charge in [0, 0.05) is 6.54 Å². The third kappa shape index (κ3) is 3.55. The maximum absolute atomic E-state index is 11.2. The van der Waals surface area contributed by atoms with Gasteiger partial charge in [0.1, 0.15) is 6.04 Å². The van der Waals surface area contributed by atoms with Crippen molar-refractivity contribution in [1.29, 1.82) is 0 Å². The number of likely N-dealkylation sites (N-methyl/N-ethyl adjacent to an activating group) is 1. The fraction of sp³-hybridized carbons (Fsp3) is 0.500. The molecule has 0 bridgehead atoms. The molecule has 0 saturated carbocycles. The minimum atomic E-state index is -0.841. The van der Waals surface area contributed by atoms with E-state index < -0.39 is 12.0 Å². The molecule has 0 aromatic heterocycles. The molecule has 0 fully saturated rings. The number of nitrogens with zero attached hydrogens (tertiary/aromatic N) is 1. The van der Waals surface area contributed by atoms with Crippen LogP contribution in [0.4, 0.5) is 0 Å². The molecule has 1 unspecified atom stereocenters. The minimum absolute atomic E-state index is 0.421. The van der Waals surface area contributed by atoms with Gasteiger partial charge in [0.2, 0.25) is 0 Å². The average molecular weight is 302 g/mol. The van der Waals surface area contributed by atoms with E-state index in [0.29, 0.717) is 29.5 Å². The highest BCUT2D eigenvalue weighted by atomic mass is 35.5. The van der Waals surface area contributed by atoms with Crippen LogP contribution >= 0.6 is 11.6 Å². The lowest BCUT2D eigenvalue weighted by Gasteiger charge is -2.24. The lowest BCUT2D eigenvalue weighted by atomic mass is 10.1. The van der Waals surface area contributed by atoms with Crippen molar-refractivity contribution in [1.82, 2.24) is 4.90 Å². The van der Waals surface area contributed by atoms with Crippen molar-refractivity contribution < 1.29 is 19.4 Å². The van der Waals surface area contributed by atoms with E-state index in [0.717, 1.165) is 5.56 Å². The van der Waals surface area contributed by atoms with Gasteiger partial charge in [-0.15, -0.1) is 0 Å². The Balaban J connectivity index is 3.01. The molecule has 1 atom stereocenters. The lowest BCUT2D eigenvalue weighted by molar-refractivity contribution is -0.143. The number of hydrogen-bond donors (Lipinski definition) is 1. The number of carboxylic acids is 1. The van der Waals surface area contributed by atoms with Crippen LogP contribution in [0.3, 0.4) is 0 Å². The predicted molar refractivity (Wildman–Crippen MR) is 77.7 cm³/mol. The first-order chi connectivity index (χ1) is 9.46. The van der Waals surface area contributed by atoms with E-state index in [4.69, 9.17) is 26.2 Å². The summed E-state index contributed by atoms with van der Waals surface area (Å²) in [6, 6.07) is 3.03. The number of halogens is 1. The van der Waals surface area contributed by atoms with Gasteiger partial charge in [0.05, 0.1) is 19.2 Å². The number of carboxylic acid groups (broad SMARTS) is 1. The van der Waals surface area contributed by atoms with Gasteiger partial charge in [-0.05, 0) is 25.1 Å². The highest BCUT2D eigenvalue weighted by Gasteiger charge is 2.22. The highest BCUT2D eigenvalue weighted by molar-refractivity contribution is 6.33. The summed E-state index contributed by atoms with van der Waals surface area (Å²) in [7, 11) is 4.82. The maximum atomic E-state index is 11.2. The number of hydrogen-bond acceptors (Lipinski definition) is 4. The number of ether oxygens (including phenoxy) is 2. The molecule has 1 N–H and O–H groups in total. The zero-order valence-corrected chi connectivity index (χ0v) is 12.9. The van der Waals surface area contributed by atoms with Crippen molar-refractivity contribution in [3.8, 4) is 11.5 Å². The number of methoxy groups -OCH3 is 2. The molecular weight excluding hydrogens is 282 g/mol. The number of rotatable bonds is 7. The van der Waals surface area contributed by atoms with E-state index in [9.17, 15) is 4.79 Å². The van der Waals surface area contributed by atoms with Crippen molar-refractivity contribution >= 4 is 17.6 Å². The summed E-state index contributed by atoms with van der Waals surface area (Å²) in [6.07, 6.45) is 0.525. The summed E-state index contributed by atoms with van der Waals surface area (Å²) in [5, 5.41) is 9.60. The standard InChI is InChI=1S/C14H20ClNO4/c1-5-10(14(17)18)16(2)8-9-6-7-11(19-3)13(20-4)12(9)15/h6-7,10H,5,8H2,1-4H3,(H,17,18). The maximum Gasteiger partial charge on any atom is 0.320 e.